The highest BCUT2D eigenvalue weighted by molar-refractivity contribution is 5.84. The van der Waals surface area contributed by atoms with Gasteiger partial charge in [-0.15, -0.1) is 0 Å². The van der Waals surface area contributed by atoms with E-state index in [0.29, 0.717) is 6.54 Å². The van der Waals surface area contributed by atoms with Gasteiger partial charge in [0.2, 0.25) is 0 Å². The van der Waals surface area contributed by atoms with E-state index in [2.05, 4.69) is 71.8 Å². The first-order valence-electron chi connectivity index (χ1n) is 8.91. The van der Waals surface area contributed by atoms with Crippen LogP contribution in [0.1, 0.15) is 24.2 Å². The van der Waals surface area contributed by atoms with Crippen molar-refractivity contribution >= 4 is 21.9 Å². The van der Waals surface area contributed by atoms with Crippen molar-refractivity contribution < 1.29 is 0 Å². The summed E-state index contributed by atoms with van der Waals surface area (Å²) < 4.78 is 4.50. The number of hydrogen-bond acceptors (Lipinski definition) is 2. The molecule has 0 amide bonds. The third-order valence-corrected chi connectivity index (χ3v) is 5.10. The van der Waals surface area contributed by atoms with E-state index in [1.54, 1.807) is 0 Å². The fraction of sp³-hybridized carbons (Fsp3) is 0.286. The Kier molecular flexibility index (Phi) is 4.06. The summed E-state index contributed by atoms with van der Waals surface area (Å²) in [5.74, 6) is 1.30. The second kappa shape index (κ2) is 6.37. The topological polar surface area (TPSA) is 48.8 Å². The van der Waals surface area contributed by atoms with Gasteiger partial charge in [-0.05, 0) is 37.1 Å². The van der Waals surface area contributed by atoms with Crippen LogP contribution in [0.4, 0.5) is 0 Å². The molecule has 2 N–H and O–H groups in total. The quantitative estimate of drug-likeness (QED) is 0.604. The summed E-state index contributed by atoms with van der Waals surface area (Å²) in [7, 11) is 2.10. The lowest BCUT2D eigenvalue weighted by Gasteiger charge is -2.16. The molecule has 2 aromatic heterocycles. The van der Waals surface area contributed by atoms with Crippen molar-refractivity contribution in [1.82, 2.24) is 14.1 Å². The molecular weight excluding hydrogens is 308 g/mol. The van der Waals surface area contributed by atoms with Gasteiger partial charge in [0.1, 0.15) is 5.82 Å². The lowest BCUT2D eigenvalue weighted by atomic mass is 9.98. The van der Waals surface area contributed by atoms with Crippen LogP contribution in [0.15, 0.2) is 54.7 Å². The zero-order valence-electron chi connectivity index (χ0n) is 14.8. The predicted molar refractivity (Wildman–Crippen MR) is 104 cm³/mol. The lowest BCUT2D eigenvalue weighted by Crippen LogP contribution is -2.19. The molecular formula is C21H24N4. The SMILES string of the molecule is CCn1c(C(CN)Cc2cn(C)c3ccccc23)nc2ccccc21. The molecule has 1 atom stereocenters. The number of aryl methyl sites for hydroxylation is 2. The standard InChI is InChI=1S/C21H24N4/c1-3-25-20-11-7-5-9-18(20)23-21(25)15(13-22)12-16-14-24(2)19-10-6-4-8-17(16)19/h4-11,14-15H,3,12-13,22H2,1-2H3. The Hall–Kier alpha value is -2.59. The minimum atomic E-state index is 0.207. The molecule has 4 aromatic rings. The molecule has 0 spiro atoms. The Morgan fingerprint density at radius 2 is 1.76 bits per heavy atom. The van der Waals surface area contributed by atoms with Crippen molar-refractivity contribution in [1.29, 1.82) is 0 Å². The predicted octanol–water partition coefficient (Wildman–Crippen LogP) is 3.83. The molecule has 0 radical (unpaired) electrons. The number of hydrogen-bond donors (Lipinski definition) is 1. The average Bonchev–Trinajstić information content (AvgIpc) is 3.17. The number of rotatable bonds is 5. The van der Waals surface area contributed by atoms with Crippen LogP contribution in [0.5, 0.6) is 0 Å². The van der Waals surface area contributed by atoms with Crippen LogP contribution < -0.4 is 5.73 Å². The normalized spacial score (nSPS) is 12.9. The maximum Gasteiger partial charge on any atom is 0.114 e. The van der Waals surface area contributed by atoms with Gasteiger partial charge >= 0.3 is 0 Å². The summed E-state index contributed by atoms with van der Waals surface area (Å²) in [5.41, 5.74) is 11.0. The van der Waals surface area contributed by atoms with E-state index in [9.17, 15) is 0 Å². The smallest absolute Gasteiger partial charge is 0.114 e. The molecule has 0 aliphatic heterocycles. The van der Waals surface area contributed by atoms with Crippen molar-refractivity contribution in [2.45, 2.75) is 25.8 Å². The number of benzene rings is 2. The molecule has 0 saturated carbocycles. The number of aromatic nitrogens is 3. The Morgan fingerprint density at radius 3 is 2.52 bits per heavy atom. The lowest BCUT2D eigenvalue weighted by molar-refractivity contribution is 0.598. The fourth-order valence-electron chi connectivity index (χ4n) is 3.87. The van der Waals surface area contributed by atoms with E-state index in [-0.39, 0.29) is 5.92 Å². The Bertz CT molecular complexity index is 1020. The van der Waals surface area contributed by atoms with E-state index in [0.717, 1.165) is 24.3 Å². The van der Waals surface area contributed by atoms with Gasteiger partial charge in [0.25, 0.3) is 0 Å². The Balaban J connectivity index is 1.78. The molecule has 4 nitrogen and oxygen atoms in total. The molecule has 0 fully saturated rings. The minimum Gasteiger partial charge on any atom is -0.350 e. The van der Waals surface area contributed by atoms with E-state index < -0.39 is 0 Å². The molecule has 2 aromatic carbocycles. The first-order valence-corrected chi connectivity index (χ1v) is 8.91. The summed E-state index contributed by atoms with van der Waals surface area (Å²) >= 11 is 0. The highest BCUT2D eigenvalue weighted by Gasteiger charge is 2.20. The molecule has 0 aliphatic carbocycles. The molecule has 25 heavy (non-hydrogen) atoms. The average molecular weight is 332 g/mol. The largest absolute Gasteiger partial charge is 0.350 e. The molecule has 4 heteroatoms. The third kappa shape index (κ3) is 2.63. The van der Waals surface area contributed by atoms with Crippen LogP contribution in [0.2, 0.25) is 0 Å². The zero-order valence-corrected chi connectivity index (χ0v) is 14.8. The molecule has 0 bridgehead atoms. The number of nitrogens with zero attached hydrogens (tertiary/aromatic N) is 3. The van der Waals surface area contributed by atoms with E-state index in [1.807, 2.05) is 6.07 Å². The number of para-hydroxylation sites is 3. The highest BCUT2D eigenvalue weighted by Crippen LogP contribution is 2.28. The highest BCUT2D eigenvalue weighted by atomic mass is 15.1. The summed E-state index contributed by atoms with van der Waals surface area (Å²) in [4.78, 5) is 4.91. The number of imidazole rings is 1. The van der Waals surface area contributed by atoms with Crippen LogP contribution in [0.3, 0.4) is 0 Å². The first-order chi connectivity index (χ1) is 12.2. The van der Waals surface area contributed by atoms with Crippen molar-refractivity contribution in [2.24, 2.45) is 12.8 Å². The number of fused-ring (bicyclic) bond motifs is 2. The van der Waals surface area contributed by atoms with Gasteiger partial charge in [0, 0.05) is 43.2 Å². The van der Waals surface area contributed by atoms with E-state index in [4.69, 9.17) is 10.7 Å². The van der Waals surface area contributed by atoms with Gasteiger partial charge in [-0.2, -0.15) is 0 Å². The Labute approximate surface area is 147 Å². The first kappa shape index (κ1) is 15.9. The van der Waals surface area contributed by atoms with E-state index in [1.165, 1.54) is 22.0 Å². The van der Waals surface area contributed by atoms with Gasteiger partial charge in [0.15, 0.2) is 0 Å². The summed E-state index contributed by atoms with van der Waals surface area (Å²) in [5, 5.41) is 1.31. The van der Waals surface area contributed by atoms with Crippen molar-refractivity contribution in [2.75, 3.05) is 6.54 Å². The molecule has 0 aliphatic rings. The molecule has 128 valence electrons. The van der Waals surface area contributed by atoms with Gasteiger partial charge in [-0.3, -0.25) is 0 Å². The second-order valence-electron chi connectivity index (χ2n) is 6.62. The summed E-state index contributed by atoms with van der Waals surface area (Å²) in [6.45, 7) is 3.66. The van der Waals surface area contributed by atoms with Gasteiger partial charge in [-0.1, -0.05) is 30.3 Å². The summed E-state index contributed by atoms with van der Waals surface area (Å²) in [6.07, 6.45) is 3.13. The van der Waals surface area contributed by atoms with Crippen molar-refractivity contribution in [3.8, 4) is 0 Å². The third-order valence-electron chi connectivity index (χ3n) is 5.10. The van der Waals surface area contributed by atoms with Crippen molar-refractivity contribution in [3.05, 3.63) is 66.1 Å². The minimum absolute atomic E-state index is 0.207. The summed E-state index contributed by atoms with van der Waals surface area (Å²) in [6, 6.07) is 16.9. The zero-order chi connectivity index (χ0) is 17.4. The van der Waals surface area contributed by atoms with Gasteiger partial charge in [0.05, 0.1) is 11.0 Å². The molecule has 4 rings (SSSR count). The maximum atomic E-state index is 6.19. The molecule has 1 unspecified atom stereocenters. The number of nitrogens with two attached hydrogens (primary N) is 1. The molecule has 0 saturated heterocycles. The second-order valence-corrected chi connectivity index (χ2v) is 6.62. The fourth-order valence-corrected chi connectivity index (χ4v) is 3.87. The van der Waals surface area contributed by atoms with E-state index >= 15 is 0 Å². The Morgan fingerprint density at radius 1 is 1.04 bits per heavy atom. The van der Waals surface area contributed by atoms with Gasteiger partial charge < -0.3 is 14.9 Å². The van der Waals surface area contributed by atoms with Crippen LogP contribution in [0.25, 0.3) is 21.9 Å². The van der Waals surface area contributed by atoms with Crippen LogP contribution in [-0.2, 0) is 20.0 Å². The van der Waals surface area contributed by atoms with Crippen LogP contribution in [-0.4, -0.2) is 20.7 Å². The monoisotopic (exact) mass is 332 g/mol. The molecule has 2 heterocycles. The van der Waals surface area contributed by atoms with Gasteiger partial charge in [-0.25, -0.2) is 4.98 Å². The van der Waals surface area contributed by atoms with Crippen molar-refractivity contribution in [3.63, 3.8) is 0 Å². The van der Waals surface area contributed by atoms with Crippen LogP contribution in [0, 0.1) is 0 Å². The van der Waals surface area contributed by atoms with Crippen LogP contribution >= 0.6 is 0 Å². The maximum absolute atomic E-state index is 6.19.